The average molecular weight is 490 g/mol. The molecule has 33 heavy (non-hydrogen) atoms. The second kappa shape index (κ2) is 10.3. The molecule has 1 saturated heterocycles. The lowest BCUT2D eigenvalue weighted by Gasteiger charge is -2.32. The first-order valence-corrected chi connectivity index (χ1v) is 13.4. The maximum absolute atomic E-state index is 13.2. The number of H-pyrrole nitrogens is 1. The van der Waals surface area contributed by atoms with Crippen molar-refractivity contribution in [1.82, 2.24) is 15.2 Å². The number of fused-ring (bicyclic) bond motifs is 1. The van der Waals surface area contributed by atoms with Gasteiger partial charge in [0.05, 0.1) is 36.2 Å². The van der Waals surface area contributed by atoms with Crippen molar-refractivity contribution < 1.29 is 9.53 Å². The molecule has 0 spiro atoms. The maximum Gasteiger partial charge on any atom is 0.242 e. The Morgan fingerprint density at radius 1 is 1.30 bits per heavy atom. The van der Waals surface area contributed by atoms with Crippen LogP contribution in [0.15, 0.2) is 23.2 Å². The minimum absolute atomic E-state index is 0.0913. The van der Waals surface area contributed by atoms with E-state index in [0.717, 1.165) is 44.6 Å². The van der Waals surface area contributed by atoms with Crippen LogP contribution in [0.1, 0.15) is 38.3 Å². The van der Waals surface area contributed by atoms with E-state index in [2.05, 4.69) is 21.7 Å². The Hall–Kier alpha value is -1.74. The molecule has 3 heterocycles. The van der Waals surface area contributed by atoms with Crippen molar-refractivity contribution in [3.8, 4) is 0 Å². The number of hydrogen-bond acceptors (Lipinski definition) is 6. The Morgan fingerprint density at radius 3 is 2.85 bits per heavy atom. The summed E-state index contributed by atoms with van der Waals surface area (Å²) in [5.74, 6) is 0.911. The summed E-state index contributed by atoms with van der Waals surface area (Å²) in [7, 11) is 0. The lowest BCUT2D eigenvalue weighted by atomic mass is 10.1. The molecule has 2 aliphatic heterocycles. The molecule has 2 fully saturated rings. The maximum atomic E-state index is 13.2. The molecule has 1 aromatic heterocycles. The summed E-state index contributed by atoms with van der Waals surface area (Å²) in [5.41, 5.74) is 3.12. The Kier molecular flexibility index (Phi) is 7.16. The lowest BCUT2D eigenvalue weighted by Crippen LogP contribution is -2.54. The SMILES string of the molecule is CCNC(C(=O)N1CCOCC1)[C@@H]1CSC(c2cc3cc(Cl)cc(NC4CCCC4)c3[nH]2)=N1. The van der Waals surface area contributed by atoms with Gasteiger partial charge in [-0.25, -0.2) is 0 Å². The van der Waals surface area contributed by atoms with Crippen LogP contribution in [0.25, 0.3) is 10.9 Å². The first kappa shape index (κ1) is 23.0. The Bertz CT molecular complexity index is 1030. The third-order valence-corrected chi connectivity index (χ3v) is 8.04. The standard InChI is InChI=1S/C24H32ClN5O2S/c1-2-26-22(24(31)30-7-9-32-10-8-30)20-14-33-23(29-20)19-12-15-11-16(25)13-18(21(15)28-19)27-17-5-3-4-6-17/h11-13,17,20,22,26-28H,2-10,14H2,1H3/t20-,22?/m0/s1. The Labute approximate surface area is 204 Å². The molecule has 1 aromatic carbocycles. The number of aromatic nitrogens is 1. The van der Waals surface area contributed by atoms with Gasteiger partial charge in [-0.1, -0.05) is 31.4 Å². The summed E-state index contributed by atoms with van der Waals surface area (Å²) < 4.78 is 5.41. The molecule has 3 N–H and O–H groups in total. The summed E-state index contributed by atoms with van der Waals surface area (Å²) in [6, 6.07) is 6.24. The number of benzene rings is 1. The molecule has 7 nitrogen and oxygen atoms in total. The summed E-state index contributed by atoms with van der Waals surface area (Å²) in [4.78, 5) is 23.7. The minimum Gasteiger partial charge on any atom is -0.381 e. The molecule has 2 atom stereocenters. The van der Waals surface area contributed by atoms with Crippen LogP contribution in [0.2, 0.25) is 5.02 Å². The first-order valence-electron chi connectivity index (χ1n) is 12.0. The number of ether oxygens (including phenoxy) is 1. The van der Waals surface area contributed by atoms with Crippen molar-refractivity contribution in [2.75, 3.05) is 43.9 Å². The predicted molar refractivity (Wildman–Crippen MR) is 137 cm³/mol. The molecule has 0 bridgehead atoms. The number of rotatable bonds is 7. The monoisotopic (exact) mass is 489 g/mol. The number of carbonyl (C=O) groups excluding carboxylic acids is 1. The van der Waals surface area contributed by atoms with Crippen LogP contribution in [0.5, 0.6) is 0 Å². The molecule has 2 aromatic rings. The van der Waals surface area contributed by atoms with Gasteiger partial charge in [0.15, 0.2) is 0 Å². The molecule has 3 aliphatic rings. The number of amides is 1. The van der Waals surface area contributed by atoms with E-state index in [0.29, 0.717) is 32.3 Å². The van der Waals surface area contributed by atoms with Gasteiger partial charge >= 0.3 is 0 Å². The van der Waals surface area contributed by atoms with Crippen LogP contribution >= 0.6 is 23.4 Å². The lowest BCUT2D eigenvalue weighted by molar-refractivity contribution is -0.137. The number of aliphatic imine (C=N–C) groups is 1. The minimum atomic E-state index is -0.309. The largest absolute Gasteiger partial charge is 0.381 e. The number of aromatic amines is 1. The first-order chi connectivity index (χ1) is 16.1. The van der Waals surface area contributed by atoms with E-state index in [9.17, 15) is 4.79 Å². The fraction of sp³-hybridized carbons (Fsp3) is 0.583. The van der Waals surface area contributed by atoms with Crippen molar-refractivity contribution in [3.05, 3.63) is 28.9 Å². The molecule has 1 unspecified atom stereocenters. The predicted octanol–water partition coefficient (Wildman–Crippen LogP) is 3.87. The molecule has 1 aliphatic carbocycles. The molecule has 1 saturated carbocycles. The molecule has 5 rings (SSSR count). The van der Waals surface area contributed by atoms with E-state index in [1.165, 1.54) is 25.7 Å². The van der Waals surface area contributed by atoms with Gasteiger partial charge < -0.3 is 25.3 Å². The second-order valence-electron chi connectivity index (χ2n) is 9.01. The van der Waals surface area contributed by atoms with Gasteiger partial charge in [0.1, 0.15) is 11.1 Å². The van der Waals surface area contributed by atoms with E-state index in [1.54, 1.807) is 11.8 Å². The van der Waals surface area contributed by atoms with Crippen LogP contribution in [0, 0.1) is 0 Å². The smallest absolute Gasteiger partial charge is 0.242 e. The highest BCUT2D eigenvalue weighted by molar-refractivity contribution is 8.14. The fourth-order valence-corrected chi connectivity index (χ4v) is 6.32. The van der Waals surface area contributed by atoms with Gasteiger partial charge in [0.25, 0.3) is 0 Å². The van der Waals surface area contributed by atoms with E-state index < -0.39 is 0 Å². The zero-order valence-corrected chi connectivity index (χ0v) is 20.6. The molecule has 178 valence electrons. The average Bonchev–Trinajstić information content (AvgIpc) is 3.58. The molecular weight excluding hydrogens is 458 g/mol. The number of anilines is 1. The number of morpholine rings is 1. The van der Waals surface area contributed by atoms with Gasteiger partial charge in [-0.2, -0.15) is 0 Å². The van der Waals surface area contributed by atoms with Crippen LogP contribution < -0.4 is 10.6 Å². The quantitative estimate of drug-likeness (QED) is 0.550. The number of hydrogen-bond donors (Lipinski definition) is 3. The number of likely N-dealkylation sites (N-methyl/N-ethyl adjacent to an activating group) is 1. The number of nitrogens with one attached hydrogen (secondary N) is 3. The van der Waals surface area contributed by atoms with Crippen molar-refractivity contribution in [2.45, 2.75) is 50.7 Å². The van der Waals surface area contributed by atoms with Crippen LogP contribution in [0.4, 0.5) is 5.69 Å². The Balaban J connectivity index is 1.38. The molecule has 9 heteroatoms. The van der Waals surface area contributed by atoms with Crippen LogP contribution in [0.3, 0.4) is 0 Å². The Morgan fingerprint density at radius 2 is 2.09 bits per heavy atom. The van der Waals surface area contributed by atoms with Gasteiger partial charge in [0.2, 0.25) is 5.91 Å². The van der Waals surface area contributed by atoms with Crippen molar-refractivity contribution in [3.63, 3.8) is 0 Å². The highest BCUT2D eigenvalue weighted by Gasteiger charge is 2.35. The third-order valence-electron chi connectivity index (χ3n) is 6.71. The summed E-state index contributed by atoms with van der Waals surface area (Å²) in [6.45, 7) is 5.27. The van der Waals surface area contributed by atoms with Gasteiger partial charge in [0, 0.05) is 35.3 Å². The van der Waals surface area contributed by atoms with E-state index in [1.807, 2.05) is 24.0 Å². The van der Waals surface area contributed by atoms with Gasteiger partial charge in [-0.05, 0) is 37.6 Å². The summed E-state index contributed by atoms with van der Waals surface area (Å²) in [5, 5.41) is 9.85. The fourth-order valence-electron chi connectivity index (χ4n) is 5.02. The zero-order valence-electron chi connectivity index (χ0n) is 19.0. The van der Waals surface area contributed by atoms with Gasteiger partial charge in [-0.3, -0.25) is 9.79 Å². The van der Waals surface area contributed by atoms with Crippen molar-refractivity contribution in [1.29, 1.82) is 0 Å². The van der Waals surface area contributed by atoms with Crippen molar-refractivity contribution >= 4 is 50.9 Å². The topological polar surface area (TPSA) is 81.8 Å². The second-order valence-corrected chi connectivity index (χ2v) is 10.5. The zero-order chi connectivity index (χ0) is 22.8. The molecule has 0 radical (unpaired) electrons. The number of carbonyl (C=O) groups is 1. The number of nitrogens with zero attached hydrogens (tertiary/aromatic N) is 2. The number of thioether (sulfide) groups is 1. The third kappa shape index (κ3) is 5.04. The summed E-state index contributed by atoms with van der Waals surface area (Å²) >= 11 is 8.15. The number of halogens is 1. The molecular formula is C24H32ClN5O2S. The van der Waals surface area contributed by atoms with Crippen molar-refractivity contribution in [2.24, 2.45) is 4.99 Å². The van der Waals surface area contributed by atoms with Crippen LogP contribution in [-0.2, 0) is 9.53 Å². The highest BCUT2D eigenvalue weighted by atomic mass is 35.5. The summed E-state index contributed by atoms with van der Waals surface area (Å²) in [6.07, 6.45) is 4.97. The highest BCUT2D eigenvalue weighted by Crippen LogP contribution is 2.34. The van der Waals surface area contributed by atoms with E-state index in [-0.39, 0.29) is 18.0 Å². The van der Waals surface area contributed by atoms with E-state index >= 15 is 0 Å². The van der Waals surface area contributed by atoms with E-state index in [4.69, 9.17) is 21.3 Å². The normalized spacial score (nSPS) is 22.7. The molecule has 1 amide bonds. The van der Waals surface area contributed by atoms with Gasteiger partial charge in [-0.15, -0.1) is 11.8 Å². The van der Waals surface area contributed by atoms with Crippen LogP contribution in [-0.4, -0.2) is 77.6 Å².